The second kappa shape index (κ2) is 5.24. The summed E-state index contributed by atoms with van der Waals surface area (Å²) < 4.78 is 32.7. The summed E-state index contributed by atoms with van der Waals surface area (Å²) in [6, 6.07) is 8.12. The molecule has 1 aromatic carbocycles. The zero-order valence-electron chi connectivity index (χ0n) is 12.3. The highest BCUT2D eigenvalue weighted by molar-refractivity contribution is 7.89. The number of rotatable bonds is 3. The quantitative estimate of drug-likeness (QED) is 0.863. The molecule has 0 amide bonds. The summed E-state index contributed by atoms with van der Waals surface area (Å²) in [7, 11) is -3.19. The van der Waals surface area contributed by atoms with E-state index >= 15 is 0 Å². The number of para-hydroxylation sites is 2. The van der Waals surface area contributed by atoms with Gasteiger partial charge in [-0.3, -0.25) is 0 Å². The minimum atomic E-state index is -3.19. The van der Waals surface area contributed by atoms with Crippen molar-refractivity contribution in [2.45, 2.75) is 24.5 Å². The highest BCUT2D eigenvalue weighted by atomic mass is 32.2. The van der Waals surface area contributed by atoms with Crippen molar-refractivity contribution in [2.75, 3.05) is 31.1 Å². The first-order chi connectivity index (χ1) is 10.6. The van der Waals surface area contributed by atoms with Crippen LogP contribution in [0, 0.1) is 0 Å². The maximum atomic E-state index is 12.6. The van der Waals surface area contributed by atoms with E-state index in [-0.39, 0.29) is 5.25 Å². The van der Waals surface area contributed by atoms with E-state index in [2.05, 4.69) is 4.98 Å². The van der Waals surface area contributed by atoms with E-state index in [4.69, 9.17) is 4.42 Å². The van der Waals surface area contributed by atoms with Crippen molar-refractivity contribution >= 4 is 27.1 Å². The molecule has 6 nitrogen and oxygen atoms in total. The number of hydrogen-bond donors (Lipinski definition) is 0. The van der Waals surface area contributed by atoms with Gasteiger partial charge in [0, 0.05) is 26.2 Å². The first kappa shape index (κ1) is 14.0. The average molecular weight is 321 g/mol. The second-order valence-electron chi connectivity index (χ2n) is 5.97. The molecule has 0 radical (unpaired) electrons. The van der Waals surface area contributed by atoms with Gasteiger partial charge in [-0.2, -0.15) is 4.98 Å². The predicted molar refractivity (Wildman–Crippen MR) is 84.4 cm³/mol. The standard InChI is InChI=1S/C15H19N3O3S/c19-22(20,18-8-3-4-9-18)12-7-10-17(11-12)15-16-13-5-1-2-6-14(13)21-15/h1-2,5-6,12H,3-4,7-11H2/t12-/m0/s1. The summed E-state index contributed by atoms with van der Waals surface area (Å²) in [5.74, 6) is 0. The van der Waals surface area contributed by atoms with Gasteiger partial charge in [0.15, 0.2) is 5.58 Å². The molecule has 0 N–H and O–H groups in total. The molecule has 0 spiro atoms. The van der Waals surface area contributed by atoms with Crippen LogP contribution in [0.15, 0.2) is 28.7 Å². The van der Waals surface area contributed by atoms with Crippen molar-refractivity contribution in [3.8, 4) is 0 Å². The van der Waals surface area contributed by atoms with Crippen LogP contribution >= 0.6 is 0 Å². The van der Waals surface area contributed by atoms with E-state index in [1.807, 2.05) is 29.2 Å². The van der Waals surface area contributed by atoms with Gasteiger partial charge in [-0.25, -0.2) is 12.7 Å². The Kier molecular flexibility index (Phi) is 3.34. The molecule has 22 heavy (non-hydrogen) atoms. The molecule has 3 heterocycles. The number of anilines is 1. The van der Waals surface area contributed by atoms with E-state index in [9.17, 15) is 8.42 Å². The Hall–Kier alpha value is -1.60. The van der Waals surface area contributed by atoms with Gasteiger partial charge in [-0.1, -0.05) is 12.1 Å². The molecule has 118 valence electrons. The smallest absolute Gasteiger partial charge is 0.298 e. The van der Waals surface area contributed by atoms with E-state index in [1.54, 1.807) is 4.31 Å². The predicted octanol–water partition coefficient (Wildman–Crippen LogP) is 1.83. The van der Waals surface area contributed by atoms with Crippen LogP contribution in [0.2, 0.25) is 0 Å². The van der Waals surface area contributed by atoms with Crippen molar-refractivity contribution in [3.05, 3.63) is 24.3 Å². The van der Waals surface area contributed by atoms with Crippen molar-refractivity contribution < 1.29 is 12.8 Å². The Morgan fingerprint density at radius 2 is 1.91 bits per heavy atom. The summed E-state index contributed by atoms with van der Waals surface area (Å²) in [5, 5.41) is -0.347. The van der Waals surface area contributed by atoms with Crippen LogP contribution in [0.5, 0.6) is 0 Å². The van der Waals surface area contributed by atoms with Gasteiger partial charge in [0.1, 0.15) is 5.52 Å². The van der Waals surface area contributed by atoms with Gasteiger partial charge in [-0.15, -0.1) is 0 Å². The zero-order chi connectivity index (χ0) is 15.2. The van der Waals surface area contributed by atoms with Gasteiger partial charge in [-0.05, 0) is 31.4 Å². The third-order valence-corrected chi connectivity index (χ3v) is 6.86. The molecule has 2 aromatic rings. The average Bonchev–Trinajstić information content (AvgIpc) is 3.25. The van der Waals surface area contributed by atoms with Crippen LogP contribution < -0.4 is 4.90 Å². The topological polar surface area (TPSA) is 66.7 Å². The molecular formula is C15H19N3O3S. The number of oxazole rings is 1. The van der Waals surface area contributed by atoms with E-state index in [1.165, 1.54) is 0 Å². The van der Waals surface area contributed by atoms with E-state index < -0.39 is 10.0 Å². The second-order valence-corrected chi connectivity index (χ2v) is 8.18. The van der Waals surface area contributed by atoms with Crippen LogP contribution in [0.4, 0.5) is 6.01 Å². The van der Waals surface area contributed by atoms with Crippen LogP contribution in [0.1, 0.15) is 19.3 Å². The highest BCUT2D eigenvalue weighted by Gasteiger charge is 2.39. The third-order valence-electron chi connectivity index (χ3n) is 4.54. The molecule has 0 saturated carbocycles. The summed E-state index contributed by atoms with van der Waals surface area (Å²) in [6.07, 6.45) is 2.58. The molecule has 1 atom stereocenters. The highest BCUT2D eigenvalue weighted by Crippen LogP contribution is 2.29. The number of fused-ring (bicyclic) bond motifs is 1. The lowest BCUT2D eigenvalue weighted by Gasteiger charge is -2.20. The maximum Gasteiger partial charge on any atom is 0.298 e. The molecule has 2 saturated heterocycles. The SMILES string of the molecule is O=S(=O)([C@H]1CCN(c2nc3ccccc3o2)C1)N1CCCC1. The summed E-state index contributed by atoms with van der Waals surface area (Å²) in [5.41, 5.74) is 1.55. The fourth-order valence-corrected chi connectivity index (χ4v) is 5.25. The van der Waals surface area contributed by atoms with Crippen molar-refractivity contribution in [3.63, 3.8) is 0 Å². The number of aromatic nitrogens is 1. The molecule has 0 unspecified atom stereocenters. The minimum Gasteiger partial charge on any atom is -0.423 e. The van der Waals surface area contributed by atoms with Crippen LogP contribution in [0.3, 0.4) is 0 Å². The van der Waals surface area contributed by atoms with E-state index in [0.717, 1.165) is 23.9 Å². The Morgan fingerprint density at radius 3 is 2.68 bits per heavy atom. The fourth-order valence-electron chi connectivity index (χ4n) is 3.29. The minimum absolute atomic E-state index is 0.347. The number of sulfonamides is 1. The lowest BCUT2D eigenvalue weighted by atomic mass is 10.3. The fraction of sp³-hybridized carbons (Fsp3) is 0.533. The molecule has 1 aromatic heterocycles. The van der Waals surface area contributed by atoms with Crippen molar-refractivity contribution in [1.29, 1.82) is 0 Å². The van der Waals surface area contributed by atoms with Gasteiger partial charge in [0.05, 0.1) is 5.25 Å². The van der Waals surface area contributed by atoms with Gasteiger partial charge < -0.3 is 9.32 Å². The molecule has 0 aliphatic carbocycles. The third kappa shape index (κ3) is 2.28. The molecule has 2 fully saturated rings. The van der Waals surface area contributed by atoms with Crippen molar-refractivity contribution in [2.24, 2.45) is 0 Å². The zero-order valence-corrected chi connectivity index (χ0v) is 13.1. The van der Waals surface area contributed by atoms with Gasteiger partial charge >= 0.3 is 0 Å². The summed E-state index contributed by atoms with van der Waals surface area (Å²) >= 11 is 0. The van der Waals surface area contributed by atoms with Crippen LogP contribution in [-0.4, -0.2) is 49.1 Å². The summed E-state index contributed by atoms with van der Waals surface area (Å²) in [6.45, 7) is 2.47. The van der Waals surface area contributed by atoms with Crippen LogP contribution in [-0.2, 0) is 10.0 Å². The molecule has 2 aliphatic rings. The van der Waals surface area contributed by atoms with Gasteiger partial charge in [0.2, 0.25) is 10.0 Å². The normalized spacial score (nSPS) is 23.6. The number of nitrogens with zero attached hydrogens (tertiary/aromatic N) is 3. The lowest BCUT2D eigenvalue weighted by Crippen LogP contribution is -2.38. The maximum absolute atomic E-state index is 12.6. The van der Waals surface area contributed by atoms with Crippen molar-refractivity contribution in [1.82, 2.24) is 9.29 Å². The first-order valence-corrected chi connectivity index (χ1v) is 9.24. The molecule has 0 bridgehead atoms. The largest absolute Gasteiger partial charge is 0.423 e. The van der Waals surface area contributed by atoms with Crippen LogP contribution in [0.25, 0.3) is 11.1 Å². The monoisotopic (exact) mass is 321 g/mol. The molecular weight excluding hydrogens is 302 g/mol. The van der Waals surface area contributed by atoms with Gasteiger partial charge in [0.25, 0.3) is 6.01 Å². The number of benzene rings is 1. The molecule has 7 heteroatoms. The first-order valence-electron chi connectivity index (χ1n) is 7.74. The Morgan fingerprint density at radius 1 is 1.14 bits per heavy atom. The lowest BCUT2D eigenvalue weighted by molar-refractivity contribution is 0.467. The Labute approximate surface area is 129 Å². The Balaban J connectivity index is 1.54. The Bertz CT molecular complexity index is 747. The molecule has 2 aliphatic heterocycles. The summed E-state index contributed by atoms with van der Waals surface area (Å²) in [4.78, 5) is 6.40. The molecule has 4 rings (SSSR count). The number of hydrogen-bond acceptors (Lipinski definition) is 5. The van der Waals surface area contributed by atoms with E-state index in [0.29, 0.717) is 38.6 Å².